The van der Waals surface area contributed by atoms with Crippen molar-refractivity contribution < 1.29 is 37.6 Å². The highest BCUT2D eigenvalue weighted by atomic mass is 31.2. The Labute approximate surface area is 279 Å². The van der Waals surface area contributed by atoms with Crippen LogP contribution >= 0.6 is 7.82 Å². The summed E-state index contributed by atoms with van der Waals surface area (Å²) in [6, 6.07) is 25.9. The normalized spacial score (nSPS) is 11.9. The number of ether oxygens (including phenoxy) is 1. The minimum absolute atomic E-state index is 0.108. The average Bonchev–Trinajstić information content (AvgIpc) is 3.07. The van der Waals surface area contributed by atoms with Gasteiger partial charge in [-0.1, -0.05) is 125 Å². The Morgan fingerprint density at radius 3 is 1.62 bits per heavy atom. The Morgan fingerprint density at radius 1 is 0.638 bits per heavy atom. The third-order valence-electron chi connectivity index (χ3n) is 7.51. The second-order valence-electron chi connectivity index (χ2n) is 11.5. The van der Waals surface area contributed by atoms with Crippen LogP contribution in [0.3, 0.4) is 0 Å². The SMILES string of the molecule is O=C(CCCCCCCCCCCCCOCc1ccccc1)N[C@H](CCOP(=O)(Oc1ccccc1)Oc1ccccc1)C(=O)O. The Hall–Kier alpha value is -3.65. The minimum atomic E-state index is -4.15. The third-order valence-corrected chi connectivity index (χ3v) is 8.88. The zero-order chi connectivity index (χ0) is 33.4. The number of carboxylic acids is 1. The molecular formula is C37H50NO8P. The van der Waals surface area contributed by atoms with Crippen molar-refractivity contribution in [1.82, 2.24) is 5.32 Å². The van der Waals surface area contributed by atoms with Gasteiger partial charge in [-0.2, -0.15) is 0 Å². The number of phosphoric ester groups is 1. The molecule has 0 aliphatic heterocycles. The van der Waals surface area contributed by atoms with Crippen molar-refractivity contribution in [3.8, 4) is 11.5 Å². The standard InChI is InChI=1S/C37H50NO8P/c39-36(27-19-8-6-4-2-1-3-5-7-9-20-29-43-31-32-21-13-10-14-22-32)38-35(37(40)41)28-30-44-47(42,45-33-23-15-11-16-24-33)46-34-25-17-12-18-26-34/h10-18,21-26,35H,1-9,19-20,27-31H2,(H,38,39)(H,40,41)/t35-/m1/s1. The van der Waals surface area contributed by atoms with Gasteiger partial charge in [0.1, 0.15) is 17.5 Å². The van der Waals surface area contributed by atoms with Gasteiger partial charge in [-0.25, -0.2) is 9.36 Å². The number of nitrogens with one attached hydrogen (secondary N) is 1. The van der Waals surface area contributed by atoms with Gasteiger partial charge in [0, 0.05) is 19.4 Å². The fraction of sp³-hybridized carbons (Fsp3) is 0.459. The number of carbonyl (C=O) groups excluding carboxylic acids is 1. The second-order valence-corrected chi connectivity index (χ2v) is 13.0. The molecule has 0 aliphatic carbocycles. The van der Waals surface area contributed by atoms with Crippen molar-refractivity contribution in [1.29, 1.82) is 0 Å². The van der Waals surface area contributed by atoms with E-state index in [9.17, 15) is 19.3 Å². The molecule has 9 nitrogen and oxygen atoms in total. The van der Waals surface area contributed by atoms with Crippen LogP contribution in [0.5, 0.6) is 11.5 Å². The van der Waals surface area contributed by atoms with Crippen molar-refractivity contribution in [3.05, 3.63) is 96.6 Å². The first kappa shape index (κ1) is 37.8. The van der Waals surface area contributed by atoms with E-state index in [0.29, 0.717) is 13.0 Å². The summed E-state index contributed by atoms with van der Waals surface area (Å²) in [5, 5.41) is 12.2. The highest BCUT2D eigenvalue weighted by molar-refractivity contribution is 7.49. The molecule has 3 aromatic carbocycles. The number of carboxylic acid groups (broad SMARTS) is 1. The lowest BCUT2D eigenvalue weighted by Gasteiger charge is -2.20. The first-order valence-electron chi connectivity index (χ1n) is 16.8. The molecule has 0 saturated carbocycles. The molecule has 47 heavy (non-hydrogen) atoms. The van der Waals surface area contributed by atoms with Crippen molar-refractivity contribution in [2.75, 3.05) is 13.2 Å². The van der Waals surface area contributed by atoms with E-state index in [2.05, 4.69) is 17.4 Å². The number of benzene rings is 3. The van der Waals surface area contributed by atoms with E-state index in [0.717, 1.165) is 32.3 Å². The summed E-state index contributed by atoms with van der Waals surface area (Å²) in [7, 11) is -4.15. The molecule has 0 radical (unpaired) electrons. The summed E-state index contributed by atoms with van der Waals surface area (Å²) < 4.78 is 35.7. The smallest absolute Gasteiger partial charge is 0.480 e. The predicted octanol–water partition coefficient (Wildman–Crippen LogP) is 9.13. The molecule has 1 atom stereocenters. The average molecular weight is 668 g/mol. The largest absolute Gasteiger partial charge is 0.587 e. The first-order valence-corrected chi connectivity index (χ1v) is 18.3. The minimum Gasteiger partial charge on any atom is -0.480 e. The maximum Gasteiger partial charge on any atom is 0.587 e. The Balaban J connectivity index is 1.21. The van der Waals surface area contributed by atoms with E-state index in [1.807, 2.05) is 18.2 Å². The fourth-order valence-corrected chi connectivity index (χ4v) is 6.17. The Kier molecular flexibility index (Phi) is 18.3. The summed E-state index contributed by atoms with van der Waals surface area (Å²) in [5.74, 6) is -0.961. The molecule has 3 aromatic rings. The van der Waals surface area contributed by atoms with Crippen molar-refractivity contribution in [2.45, 2.75) is 96.1 Å². The number of carbonyl (C=O) groups is 2. The number of hydrogen-bond donors (Lipinski definition) is 2. The van der Waals surface area contributed by atoms with Gasteiger partial charge in [0.15, 0.2) is 0 Å². The fourth-order valence-electron chi connectivity index (χ4n) is 4.94. The number of amides is 1. The van der Waals surface area contributed by atoms with Crippen LogP contribution in [0.1, 0.15) is 89.0 Å². The number of para-hydroxylation sites is 2. The van der Waals surface area contributed by atoms with Crippen molar-refractivity contribution in [3.63, 3.8) is 0 Å². The summed E-state index contributed by atoms with van der Waals surface area (Å²) in [5.41, 5.74) is 1.22. The van der Waals surface area contributed by atoms with Crippen LogP contribution in [0.2, 0.25) is 0 Å². The Bertz CT molecular complexity index is 1260. The zero-order valence-corrected chi connectivity index (χ0v) is 28.2. The summed E-state index contributed by atoms with van der Waals surface area (Å²) in [6.07, 6.45) is 12.5. The van der Waals surface area contributed by atoms with Crippen molar-refractivity contribution in [2.24, 2.45) is 0 Å². The molecule has 3 rings (SSSR count). The van der Waals surface area contributed by atoms with Gasteiger partial charge in [0.2, 0.25) is 5.91 Å². The molecular weight excluding hydrogens is 617 g/mol. The van der Waals surface area contributed by atoms with Crippen LogP contribution in [0.25, 0.3) is 0 Å². The van der Waals surface area contributed by atoms with Crippen LogP contribution in [-0.2, 0) is 30.0 Å². The van der Waals surface area contributed by atoms with E-state index < -0.39 is 19.8 Å². The van der Waals surface area contributed by atoms with Crippen molar-refractivity contribution >= 4 is 19.7 Å². The topological polar surface area (TPSA) is 120 Å². The predicted molar refractivity (Wildman–Crippen MR) is 183 cm³/mol. The van der Waals surface area contributed by atoms with Crippen LogP contribution in [0, 0.1) is 0 Å². The van der Waals surface area contributed by atoms with E-state index >= 15 is 0 Å². The first-order chi connectivity index (χ1) is 22.9. The molecule has 0 bridgehead atoms. The number of aliphatic carboxylic acids is 1. The maximum atomic E-state index is 13.4. The molecule has 256 valence electrons. The lowest BCUT2D eigenvalue weighted by molar-refractivity contribution is -0.142. The van der Waals surface area contributed by atoms with Gasteiger partial charge in [0.25, 0.3) is 0 Å². The molecule has 0 spiro atoms. The quantitative estimate of drug-likeness (QED) is 0.0643. The third kappa shape index (κ3) is 17.2. The molecule has 0 unspecified atom stereocenters. The van der Waals surface area contributed by atoms with Gasteiger partial charge in [-0.15, -0.1) is 0 Å². The van der Waals surface area contributed by atoms with Gasteiger partial charge >= 0.3 is 13.8 Å². The van der Waals surface area contributed by atoms with Gasteiger partial charge < -0.3 is 24.2 Å². The maximum absolute atomic E-state index is 13.4. The van der Waals surface area contributed by atoms with E-state index in [1.165, 1.54) is 44.1 Å². The van der Waals surface area contributed by atoms with Crippen LogP contribution in [0.15, 0.2) is 91.0 Å². The molecule has 0 heterocycles. The van der Waals surface area contributed by atoms with Crippen LogP contribution in [-0.4, -0.2) is 36.2 Å². The summed E-state index contributed by atoms with van der Waals surface area (Å²) >= 11 is 0. The van der Waals surface area contributed by atoms with E-state index in [1.54, 1.807) is 60.7 Å². The number of rotatable bonds is 26. The zero-order valence-electron chi connectivity index (χ0n) is 27.3. The molecule has 0 fully saturated rings. The monoisotopic (exact) mass is 667 g/mol. The molecule has 10 heteroatoms. The lowest BCUT2D eigenvalue weighted by Crippen LogP contribution is -2.41. The summed E-state index contributed by atoms with van der Waals surface area (Å²) in [4.78, 5) is 24.3. The molecule has 2 N–H and O–H groups in total. The van der Waals surface area contributed by atoms with Gasteiger partial charge in [-0.3, -0.25) is 9.32 Å². The van der Waals surface area contributed by atoms with Gasteiger partial charge in [0.05, 0.1) is 13.2 Å². The molecule has 0 aromatic heterocycles. The van der Waals surface area contributed by atoms with Crippen LogP contribution in [0.4, 0.5) is 0 Å². The van der Waals surface area contributed by atoms with E-state index in [-0.39, 0.29) is 36.9 Å². The lowest BCUT2D eigenvalue weighted by atomic mass is 10.0. The van der Waals surface area contributed by atoms with Gasteiger partial charge in [-0.05, 0) is 42.7 Å². The number of phosphoric acid groups is 1. The van der Waals surface area contributed by atoms with Crippen LogP contribution < -0.4 is 14.4 Å². The molecule has 0 aliphatic rings. The van der Waals surface area contributed by atoms with E-state index in [4.69, 9.17) is 18.3 Å². The Morgan fingerprint density at radius 2 is 1.11 bits per heavy atom. The highest BCUT2D eigenvalue weighted by Gasteiger charge is 2.32. The number of hydrogen-bond acceptors (Lipinski definition) is 7. The highest BCUT2D eigenvalue weighted by Crippen LogP contribution is 2.49. The molecule has 0 saturated heterocycles. The number of unbranched alkanes of at least 4 members (excludes halogenated alkanes) is 10. The molecule has 1 amide bonds. The second kappa shape index (κ2) is 22.8. The summed E-state index contributed by atoms with van der Waals surface area (Å²) in [6.45, 7) is 1.24.